The lowest BCUT2D eigenvalue weighted by Crippen LogP contribution is -2.44. The van der Waals surface area contributed by atoms with Gasteiger partial charge in [0, 0.05) is 25.6 Å². The summed E-state index contributed by atoms with van der Waals surface area (Å²) in [6, 6.07) is 11.5. The van der Waals surface area contributed by atoms with Gasteiger partial charge in [-0.3, -0.25) is 9.59 Å². The molecule has 2 amide bonds. The average Bonchev–Trinajstić information content (AvgIpc) is 3.05. The van der Waals surface area contributed by atoms with Gasteiger partial charge < -0.3 is 15.1 Å². The van der Waals surface area contributed by atoms with Crippen molar-refractivity contribution in [2.75, 3.05) is 6.54 Å². The topological polar surface area (TPSA) is 71.3 Å². The molecule has 0 bridgehead atoms. The molecule has 5 nitrogen and oxygen atoms in total. The molecule has 2 rings (SSSR count). The van der Waals surface area contributed by atoms with E-state index in [1.54, 1.807) is 20.1 Å². The number of amides is 2. The van der Waals surface area contributed by atoms with Crippen LogP contribution in [0, 0.1) is 5.41 Å². The number of benzene rings is 1. The molecule has 1 aromatic carbocycles. The first kappa shape index (κ1) is 16.8. The normalized spacial score (nSPS) is 11.1. The van der Waals surface area contributed by atoms with Crippen LogP contribution in [0.2, 0.25) is 0 Å². The van der Waals surface area contributed by atoms with Crippen LogP contribution >= 0.6 is 0 Å². The molecule has 0 saturated carbocycles. The van der Waals surface area contributed by atoms with Crippen LogP contribution in [0.25, 0.3) is 11.3 Å². The molecule has 1 heterocycles. The number of nitrogens with one attached hydrogen (secondary N) is 2. The first-order chi connectivity index (χ1) is 10.9. The molecule has 0 radical (unpaired) electrons. The molecule has 5 heteroatoms. The Morgan fingerprint density at radius 3 is 2.48 bits per heavy atom. The molecule has 23 heavy (non-hydrogen) atoms. The summed E-state index contributed by atoms with van der Waals surface area (Å²) in [7, 11) is 0. The highest BCUT2D eigenvalue weighted by molar-refractivity contribution is 5.83. The number of rotatable bonds is 6. The van der Waals surface area contributed by atoms with Crippen LogP contribution in [0.5, 0.6) is 0 Å². The van der Waals surface area contributed by atoms with Crippen molar-refractivity contribution < 1.29 is 14.0 Å². The number of carbonyl (C=O) groups is 2. The Hall–Kier alpha value is -2.56. The molecule has 1 aromatic heterocycles. The molecule has 0 aliphatic carbocycles. The second-order valence-electron chi connectivity index (χ2n) is 6.11. The van der Waals surface area contributed by atoms with Crippen LogP contribution < -0.4 is 10.6 Å². The van der Waals surface area contributed by atoms with Gasteiger partial charge in [0.1, 0.15) is 5.76 Å². The first-order valence-corrected chi connectivity index (χ1v) is 7.54. The van der Waals surface area contributed by atoms with E-state index in [0.29, 0.717) is 13.1 Å². The van der Waals surface area contributed by atoms with Crippen LogP contribution in [-0.4, -0.2) is 18.4 Å². The maximum Gasteiger partial charge on any atom is 0.227 e. The van der Waals surface area contributed by atoms with Crippen molar-refractivity contribution >= 4 is 11.8 Å². The molecule has 2 N–H and O–H groups in total. The van der Waals surface area contributed by atoms with Crippen LogP contribution in [0.1, 0.15) is 26.3 Å². The molecule has 0 saturated heterocycles. The summed E-state index contributed by atoms with van der Waals surface area (Å²) in [5, 5.41) is 5.62. The van der Waals surface area contributed by atoms with E-state index in [9.17, 15) is 9.59 Å². The summed E-state index contributed by atoms with van der Waals surface area (Å²) < 4.78 is 5.44. The number of carbonyl (C=O) groups excluding carboxylic acids is 2. The Bertz CT molecular complexity index is 675. The lowest BCUT2D eigenvalue weighted by molar-refractivity contribution is -0.129. The molecule has 0 aliphatic heterocycles. The van der Waals surface area contributed by atoms with E-state index in [4.69, 9.17) is 4.42 Å². The zero-order valence-electron chi connectivity index (χ0n) is 13.7. The lowest BCUT2D eigenvalue weighted by Gasteiger charge is -2.24. The van der Waals surface area contributed by atoms with Gasteiger partial charge in [0.2, 0.25) is 11.8 Å². The summed E-state index contributed by atoms with van der Waals surface area (Å²) in [6.45, 7) is 5.74. The van der Waals surface area contributed by atoms with Crippen molar-refractivity contribution in [3.63, 3.8) is 0 Å². The zero-order valence-corrected chi connectivity index (χ0v) is 13.7. The monoisotopic (exact) mass is 314 g/mol. The van der Waals surface area contributed by atoms with Gasteiger partial charge in [-0.2, -0.15) is 0 Å². The first-order valence-electron chi connectivity index (χ1n) is 7.54. The van der Waals surface area contributed by atoms with Gasteiger partial charge in [0.25, 0.3) is 0 Å². The standard InChI is InChI=1S/C18H22N2O3/c1-13(21)20-12-18(2,3)17(22)19-11-14-7-4-5-8-15(14)16-9-6-10-23-16/h4-10H,11-12H2,1-3H3,(H,19,22)(H,20,21). The van der Waals surface area contributed by atoms with Crippen molar-refractivity contribution in [1.82, 2.24) is 10.6 Å². The Balaban J connectivity index is 2.04. The molecule has 2 aromatic rings. The zero-order chi connectivity index (χ0) is 16.9. The third kappa shape index (κ3) is 4.45. The van der Waals surface area contributed by atoms with E-state index in [-0.39, 0.29) is 11.8 Å². The largest absolute Gasteiger partial charge is 0.464 e. The molecular formula is C18H22N2O3. The predicted octanol–water partition coefficient (Wildman–Crippen LogP) is 2.73. The van der Waals surface area contributed by atoms with Gasteiger partial charge in [0.05, 0.1) is 11.7 Å². The van der Waals surface area contributed by atoms with Gasteiger partial charge in [-0.15, -0.1) is 0 Å². The summed E-state index contributed by atoms with van der Waals surface area (Å²) >= 11 is 0. The number of hydrogen-bond donors (Lipinski definition) is 2. The minimum absolute atomic E-state index is 0.111. The second-order valence-corrected chi connectivity index (χ2v) is 6.11. The second kappa shape index (κ2) is 7.13. The van der Waals surface area contributed by atoms with Crippen LogP contribution in [0.15, 0.2) is 47.1 Å². The van der Waals surface area contributed by atoms with Gasteiger partial charge in [-0.25, -0.2) is 0 Å². The van der Waals surface area contributed by atoms with E-state index in [1.165, 1.54) is 6.92 Å². The number of furan rings is 1. The van der Waals surface area contributed by atoms with Crippen LogP contribution in [0.4, 0.5) is 0 Å². The Morgan fingerprint density at radius 1 is 1.09 bits per heavy atom. The number of hydrogen-bond acceptors (Lipinski definition) is 3. The van der Waals surface area contributed by atoms with E-state index in [2.05, 4.69) is 10.6 Å². The predicted molar refractivity (Wildman–Crippen MR) is 88.5 cm³/mol. The van der Waals surface area contributed by atoms with Gasteiger partial charge >= 0.3 is 0 Å². The Labute approximate surface area is 136 Å². The van der Waals surface area contributed by atoms with Crippen molar-refractivity contribution in [3.8, 4) is 11.3 Å². The third-order valence-electron chi connectivity index (χ3n) is 3.64. The van der Waals surface area contributed by atoms with Crippen molar-refractivity contribution in [2.24, 2.45) is 5.41 Å². The quantitative estimate of drug-likeness (QED) is 0.861. The van der Waals surface area contributed by atoms with Crippen LogP contribution in [-0.2, 0) is 16.1 Å². The summed E-state index contributed by atoms with van der Waals surface area (Å²) in [5.74, 6) is 0.516. The molecular weight excluding hydrogens is 292 g/mol. The molecule has 0 unspecified atom stereocenters. The molecule has 0 fully saturated rings. The average molecular weight is 314 g/mol. The molecule has 0 spiro atoms. The SMILES string of the molecule is CC(=O)NCC(C)(C)C(=O)NCc1ccccc1-c1ccco1. The highest BCUT2D eigenvalue weighted by atomic mass is 16.3. The van der Waals surface area contributed by atoms with Crippen molar-refractivity contribution in [1.29, 1.82) is 0 Å². The van der Waals surface area contributed by atoms with Gasteiger partial charge in [-0.1, -0.05) is 24.3 Å². The Morgan fingerprint density at radius 2 is 1.83 bits per heavy atom. The van der Waals surface area contributed by atoms with E-state index < -0.39 is 5.41 Å². The third-order valence-corrected chi connectivity index (χ3v) is 3.64. The Kier molecular flexibility index (Phi) is 5.21. The highest BCUT2D eigenvalue weighted by Crippen LogP contribution is 2.24. The van der Waals surface area contributed by atoms with Gasteiger partial charge in [-0.05, 0) is 31.5 Å². The minimum Gasteiger partial charge on any atom is -0.464 e. The summed E-state index contributed by atoms with van der Waals surface area (Å²) in [5.41, 5.74) is 1.26. The fraction of sp³-hybridized carbons (Fsp3) is 0.333. The maximum absolute atomic E-state index is 12.4. The molecule has 0 aliphatic rings. The fourth-order valence-corrected chi connectivity index (χ4v) is 2.19. The summed E-state index contributed by atoms with van der Waals surface area (Å²) in [4.78, 5) is 23.4. The van der Waals surface area contributed by atoms with E-state index in [1.807, 2.05) is 36.4 Å². The molecule has 122 valence electrons. The lowest BCUT2D eigenvalue weighted by atomic mass is 9.92. The minimum atomic E-state index is -0.675. The fourth-order valence-electron chi connectivity index (χ4n) is 2.19. The van der Waals surface area contributed by atoms with Crippen molar-refractivity contribution in [3.05, 3.63) is 48.2 Å². The summed E-state index contributed by atoms with van der Waals surface area (Å²) in [6.07, 6.45) is 1.63. The maximum atomic E-state index is 12.4. The van der Waals surface area contributed by atoms with E-state index >= 15 is 0 Å². The van der Waals surface area contributed by atoms with Crippen LogP contribution in [0.3, 0.4) is 0 Å². The van der Waals surface area contributed by atoms with Crippen molar-refractivity contribution in [2.45, 2.75) is 27.3 Å². The van der Waals surface area contributed by atoms with E-state index in [0.717, 1.165) is 16.9 Å². The highest BCUT2D eigenvalue weighted by Gasteiger charge is 2.27. The smallest absolute Gasteiger partial charge is 0.227 e. The molecule has 0 atom stereocenters. The van der Waals surface area contributed by atoms with Gasteiger partial charge in [0.15, 0.2) is 0 Å².